The normalized spacial score (nSPS) is 11.9. The van der Waals surface area contributed by atoms with Crippen molar-refractivity contribution in [2.75, 3.05) is 23.7 Å². The Labute approximate surface area is 239 Å². The molecule has 10 heteroatoms. The van der Waals surface area contributed by atoms with Gasteiger partial charge in [0.2, 0.25) is 21.8 Å². The van der Waals surface area contributed by atoms with E-state index in [0.29, 0.717) is 23.7 Å². The Morgan fingerprint density at radius 2 is 1.56 bits per heavy atom. The molecule has 39 heavy (non-hydrogen) atoms. The number of halogens is 1. The quantitative estimate of drug-likeness (QED) is 0.262. The number of hydrogen-bond donors (Lipinski definition) is 1. The van der Waals surface area contributed by atoms with Crippen molar-refractivity contribution < 1.29 is 22.7 Å². The number of carbonyl (C=O) groups excluding carboxylic acids is 2. The number of carbonyl (C=O) groups is 2. The molecular weight excluding hydrogens is 582 g/mol. The van der Waals surface area contributed by atoms with Crippen molar-refractivity contribution in [3.63, 3.8) is 0 Å². The number of unbranched alkanes of at least 4 members (excludes halogenated alkanes) is 1. The zero-order valence-electron chi connectivity index (χ0n) is 22.3. The first kappa shape index (κ1) is 30.2. The molecule has 0 saturated carbocycles. The molecular formula is C29H34BrN3O5S. The van der Waals surface area contributed by atoms with E-state index in [2.05, 4.69) is 21.2 Å². The lowest BCUT2D eigenvalue weighted by Crippen LogP contribution is -2.51. The minimum Gasteiger partial charge on any atom is -0.457 e. The molecule has 3 aromatic carbocycles. The van der Waals surface area contributed by atoms with E-state index < -0.39 is 28.5 Å². The topological polar surface area (TPSA) is 96.0 Å². The summed E-state index contributed by atoms with van der Waals surface area (Å²) in [5, 5.41) is 2.87. The number of sulfonamides is 1. The van der Waals surface area contributed by atoms with Gasteiger partial charge in [0.1, 0.15) is 24.1 Å². The summed E-state index contributed by atoms with van der Waals surface area (Å²) in [5.41, 5.74) is 1.13. The molecule has 0 fully saturated rings. The van der Waals surface area contributed by atoms with E-state index in [0.717, 1.165) is 33.4 Å². The minimum absolute atomic E-state index is 0.149. The molecule has 2 amide bonds. The Kier molecular flexibility index (Phi) is 10.9. The lowest BCUT2D eigenvalue weighted by atomic mass is 10.1. The number of hydrogen-bond acceptors (Lipinski definition) is 5. The highest BCUT2D eigenvalue weighted by atomic mass is 79.9. The fraction of sp³-hybridized carbons (Fsp3) is 0.310. The van der Waals surface area contributed by atoms with Crippen LogP contribution in [0.3, 0.4) is 0 Å². The molecule has 0 aliphatic heterocycles. The second-order valence-corrected chi connectivity index (χ2v) is 12.0. The van der Waals surface area contributed by atoms with Crippen molar-refractivity contribution in [1.82, 2.24) is 10.2 Å². The molecule has 208 valence electrons. The molecule has 1 atom stereocenters. The smallest absolute Gasteiger partial charge is 0.244 e. The van der Waals surface area contributed by atoms with Crippen LogP contribution in [0, 0.1) is 0 Å². The van der Waals surface area contributed by atoms with E-state index in [4.69, 9.17) is 4.74 Å². The molecule has 0 aliphatic carbocycles. The summed E-state index contributed by atoms with van der Waals surface area (Å²) in [6.07, 6.45) is 2.80. The van der Waals surface area contributed by atoms with Gasteiger partial charge in [-0.05, 0) is 67.4 Å². The first-order valence-electron chi connectivity index (χ1n) is 12.7. The predicted octanol–water partition coefficient (Wildman–Crippen LogP) is 5.34. The molecule has 8 nitrogen and oxygen atoms in total. The molecule has 0 bridgehead atoms. The maximum Gasteiger partial charge on any atom is 0.244 e. The van der Waals surface area contributed by atoms with Crippen molar-refractivity contribution in [3.8, 4) is 11.5 Å². The van der Waals surface area contributed by atoms with Gasteiger partial charge in [-0.15, -0.1) is 0 Å². The fourth-order valence-electron chi connectivity index (χ4n) is 3.82. The summed E-state index contributed by atoms with van der Waals surface area (Å²) < 4.78 is 33.3. The van der Waals surface area contributed by atoms with Crippen LogP contribution in [0.1, 0.15) is 32.3 Å². The summed E-state index contributed by atoms with van der Waals surface area (Å²) in [6.45, 7) is 3.88. The van der Waals surface area contributed by atoms with Gasteiger partial charge in [0, 0.05) is 17.6 Å². The van der Waals surface area contributed by atoms with Gasteiger partial charge in [0.25, 0.3) is 0 Å². The summed E-state index contributed by atoms with van der Waals surface area (Å²) >= 11 is 3.40. The van der Waals surface area contributed by atoms with Crippen LogP contribution >= 0.6 is 15.9 Å². The van der Waals surface area contributed by atoms with E-state index >= 15 is 0 Å². The summed E-state index contributed by atoms with van der Waals surface area (Å²) in [7, 11) is -3.82. The highest BCUT2D eigenvalue weighted by Crippen LogP contribution is 2.26. The average Bonchev–Trinajstić information content (AvgIpc) is 2.91. The summed E-state index contributed by atoms with van der Waals surface area (Å²) in [6, 6.07) is 22.3. The number of nitrogens with zero attached hydrogens (tertiary/aromatic N) is 2. The van der Waals surface area contributed by atoms with Crippen LogP contribution in [0.4, 0.5) is 5.69 Å². The van der Waals surface area contributed by atoms with Gasteiger partial charge in [-0.25, -0.2) is 8.42 Å². The van der Waals surface area contributed by atoms with Gasteiger partial charge in [-0.3, -0.25) is 13.9 Å². The van der Waals surface area contributed by atoms with Gasteiger partial charge in [0.05, 0.1) is 11.9 Å². The first-order valence-corrected chi connectivity index (χ1v) is 15.3. The second kappa shape index (κ2) is 14.1. The van der Waals surface area contributed by atoms with Crippen LogP contribution in [0.25, 0.3) is 0 Å². The number of anilines is 1. The number of amides is 2. The van der Waals surface area contributed by atoms with Crippen molar-refractivity contribution in [3.05, 3.63) is 88.9 Å². The highest BCUT2D eigenvalue weighted by Gasteiger charge is 2.30. The van der Waals surface area contributed by atoms with Crippen LogP contribution in [0.15, 0.2) is 83.3 Å². The van der Waals surface area contributed by atoms with Gasteiger partial charge >= 0.3 is 0 Å². The van der Waals surface area contributed by atoms with E-state index in [1.54, 1.807) is 31.2 Å². The SMILES string of the molecule is CCCCNC(=O)[C@@H](C)N(Cc1ccc(Br)cc1)C(=O)CN(c1ccc(Oc2ccccc2)cc1)S(C)(=O)=O. The Balaban J connectivity index is 1.83. The zero-order chi connectivity index (χ0) is 28.4. The molecule has 0 radical (unpaired) electrons. The molecule has 0 aliphatic rings. The number of nitrogens with one attached hydrogen (secondary N) is 1. The van der Waals surface area contributed by atoms with E-state index in [1.807, 2.05) is 61.5 Å². The lowest BCUT2D eigenvalue weighted by Gasteiger charge is -2.31. The molecule has 0 aromatic heterocycles. The number of ether oxygens (including phenoxy) is 1. The molecule has 1 N–H and O–H groups in total. The van der Waals surface area contributed by atoms with Gasteiger partial charge in [-0.1, -0.05) is 59.6 Å². The third-order valence-electron chi connectivity index (χ3n) is 6.05. The standard InChI is InChI=1S/C29H34BrN3O5S/c1-4-5-19-31-29(35)22(2)32(20-23-11-13-24(30)14-12-23)28(34)21-33(39(3,36)37)25-15-17-27(18-16-25)38-26-9-7-6-8-10-26/h6-18,22H,4-5,19-21H2,1-3H3,(H,31,35)/t22-/m1/s1. The van der Waals surface area contributed by atoms with E-state index in [-0.39, 0.29) is 12.5 Å². The Bertz CT molecular complexity index is 1330. The van der Waals surface area contributed by atoms with Crippen molar-refractivity contribution >= 4 is 43.5 Å². The van der Waals surface area contributed by atoms with Gasteiger partial charge in [-0.2, -0.15) is 0 Å². The predicted molar refractivity (Wildman–Crippen MR) is 157 cm³/mol. The Morgan fingerprint density at radius 3 is 2.15 bits per heavy atom. The molecule has 0 unspecified atom stereocenters. The van der Waals surface area contributed by atoms with Crippen molar-refractivity contribution in [2.45, 2.75) is 39.3 Å². The van der Waals surface area contributed by atoms with E-state index in [1.165, 1.54) is 4.90 Å². The van der Waals surface area contributed by atoms with Crippen LogP contribution < -0.4 is 14.4 Å². The zero-order valence-corrected chi connectivity index (χ0v) is 24.7. The van der Waals surface area contributed by atoms with Crippen LogP contribution in [0.2, 0.25) is 0 Å². The molecule has 0 heterocycles. The Hall–Kier alpha value is -3.37. The lowest BCUT2D eigenvalue weighted by molar-refractivity contribution is -0.139. The second-order valence-electron chi connectivity index (χ2n) is 9.15. The van der Waals surface area contributed by atoms with Gasteiger partial charge < -0.3 is 15.0 Å². The van der Waals surface area contributed by atoms with Crippen LogP contribution in [-0.2, 0) is 26.2 Å². The van der Waals surface area contributed by atoms with Crippen molar-refractivity contribution in [2.24, 2.45) is 0 Å². The van der Waals surface area contributed by atoms with Crippen LogP contribution in [0.5, 0.6) is 11.5 Å². The summed E-state index contributed by atoms with van der Waals surface area (Å²) in [5.74, 6) is 0.391. The molecule has 0 saturated heterocycles. The van der Waals surface area contributed by atoms with Crippen LogP contribution in [-0.4, -0.2) is 50.5 Å². The number of rotatable bonds is 13. The Morgan fingerprint density at radius 1 is 0.949 bits per heavy atom. The molecule has 0 spiro atoms. The monoisotopic (exact) mass is 615 g/mol. The molecule has 3 rings (SSSR count). The largest absolute Gasteiger partial charge is 0.457 e. The third-order valence-corrected chi connectivity index (χ3v) is 7.72. The van der Waals surface area contributed by atoms with Gasteiger partial charge in [0.15, 0.2) is 0 Å². The fourth-order valence-corrected chi connectivity index (χ4v) is 4.94. The van der Waals surface area contributed by atoms with Crippen molar-refractivity contribution in [1.29, 1.82) is 0 Å². The maximum atomic E-state index is 13.6. The third kappa shape index (κ3) is 9.11. The number of para-hydroxylation sites is 1. The summed E-state index contributed by atoms with van der Waals surface area (Å²) in [4.78, 5) is 27.9. The highest BCUT2D eigenvalue weighted by molar-refractivity contribution is 9.10. The molecule has 3 aromatic rings. The first-order chi connectivity index (χ1) is 18.6. The average molecular weight is 617 g/mol. The maximum absolute atomic E-state index is 13.6. The van der Waals surface area contributed by atoms with E-state index in [9.17, 15) is 18.0 Å². The minimum atomic E-state index is -3.82. The number of benzene rings is 3.